The number of nitrogens with two attached hydrogens (primary N) is 1. The monoisotopic (exact) mass is 697 g/mol. The number of hydrogen-bond acceptors (Lipinski definition) is 7. The number of carbonyl (C=O) groups is 5. The van der Waals surface area contributed by atoms with Gasteiger partial charge in [0.25, 0.3) is 0 Å². The second-order valence-electron chi connectivity index (χ2n) is 13.0. The zero-order chi connectivity index (χ0) is 36.4. The maximum atomic E-state index is 13.8. The summed E-state index contributed by atoms with van der Waals surface area (Å²) in [4.78, 5) is 71.7. The normalized spacial score (nSPS) is 16.6. The van der Waals surface area contributed by atoms with Gasteiger partial charge in [0.15, 0.2) is 0 Å². The summed E-state index contributed by atoms with van der Waals surface area (Å²) in [5.74, 6) is -2.12. The van der Waals surface area contributed by atoms with E-state index in [2.05, 4.69) is 26.3 Å². The molecular formula is C39H51N7O5. The first-order valence-electron chi connectivity index (χ1n) is 17.9. The van der Waals surface area contributed by atoms with Gasteiger partial charge in [0.1, 0.15) is 12.1 Å². The van der Waals surface area contributed by atoms with Gasteiger partial charge in [0.2, 0.25) is 29.5 Å². The van der Waals surface area contributed by atoms with Crippen LogP contribution in [-0.4, -0.2) is 78.2 Å². The van der Waals surface area contributed by atoms with Gasteiger partial charge in [-0.1, -0.05) is 86.0 Å². The van der Waals surface area contributed by atoms with Gasteiger partial charge >= 0.3 is 0 Å². The molecule has 4 atom stereocenters. The maximum Gasteiger partial charge on any atom is 0.243 e. The number of unbranched alkanes of at least 4 members (excludes halogenated alkanes) is 4. The number of nitrogens with zero attached hydrogens (tertiary/aromatic N) is 2. The Morgan fingerprint density at radius 3 is 2.02 bits per heavy atom. The molecule has 6 N–H and O–H groups in total. The minimum Gasteiger partial charge on any atom is -0.354 e. The van der Waals surface area contributed by atoms with Crippen LogP contribution in [0.4, 0.5) is 0 Å². The molecule has 1 aliphatic rings. The van der Waals surface area contributed by atoms with E-state index in [9.17, 15) is 24.0 Å². The molecule has 3 aromatic rings. The third-order valence-electron chi connectivity index (χ3n) is 9.13. The van der Waals surface area contributed by atoms with Crippen molar-refractivity contribution in [3.8, 4) is 0 Å². The van der Waals surface area contributed by atoms with Crippen molar-refractivity contribution in [3.63, 3.8) is 0 Å². The number of amides is 5. The molecule has 0 unspecified atom stereocenters. The fourth-order valence-corrected chi connectivity index (χ4v) is 6.35. The molecule has 0 saturated carbocycles. The molecule has 2 heterocycles. The van der Waals surface area contributed by atoms with Crippen LogP contribution in [0.2, 0.25) is 0 Å². The maximum absolute atomic E-state index is 13.8. The van der Waals surface area contributed by atoms with E-state index in [-0.39, 0.29) is 50.1 Å². The van der Waals surface area contributed by atoms with Crippen molar-refractivity contribution >= 4 is 29.5 Å². The third kappa shape index (κ3) is 12.3. The summed E-state index contributed by atoms with van der Waals surface area (Å²) >= 11 is 0. The molecule has 2 aromatic carbocycles. The highest BCUT2D eigenvalue weighted by Gasteiger charge is 2.42. The largest absolute Gasteiger partial charge is 0.354 e. The molecule has 0 spiro atoms. The first-order valence-corrected chi connectivity index (χ1v) is 17.9. The highest BCUT2D eigenvalue weighted by atomic mass is 16.2. The summed E-state index contributed by atoms with van der Waals surface area (Å²) in [5.41, 5.74) is 8.07. The van der Waals surface area contributed by atoms with Gasteiger partial charge in [0.05, 0.1) is 12.0 Å². The lowest BCUT2D eigenvalue weighted by Gasteiger charge is -2.25. The summed E-state index contributed by atoms with van der Waals surface area (Å²) in [6, 6.07) is 20.1. The van der Waals surface area contributed by atoms with Crippen LogP contribution in [0.25, 0.3) is 0 Å². The van der Waals surface area contributed by atoms with Crippen molar-refractivity contribution < 1.29 is 24.0 Å². The fraction of sp³-hybridized carbons (Fsp3) is 0.436. The molecule has 0 aliphatic carbocycles. The first-order chi connectivity index (χ1) is 24.8. The number of aromatic nitrogens is 1. The van der Waals surface area contributed by atoms with Crippen LogP contribution in [0.15, 0.2) is 85.2 Å². The summed E-state index contributed by atoms with van der Waals surface area (Å²) in [6.07, 6.45) is 8.77. The highest BCUT2D eigenvalue weighted by molar-refractivity contribution is 5.93. The highest BCUT2D eigenvalue weighted by Crippen LogP contribution is 2.36. The molecule has 1 aromatic heterocycles. The van der Waals surface area contributed by atoms with Gasteiger partial charge in [-0.3, -0.25) is 29.0 Å². The molecule has 51 heavy (non-hydrogen) atoms. The average Bonchev–Trinajstić information content (AvgIpc) is 3.45. The van der Waals surface area contributed by atoms with Gasteiger partial charge in [-0.15, -0.1) is 0 Å². The van der Waals surface area contributed by atoms with Crippen molar-refractivity contribution in [2.24, 2.45) is 11.7 Å². The van der Waals surface area contributed by atoms with E-state index in [1.807, 2.05) is 66.7 Å². The van der Waals surface area contributed by atoms with Gasteiger partial charge < -0.3 is 31.9 Å². The quantitative estimate of drug-likeness (QED) is 0.113. The molecule has 0 radical (unpaired) electrons. The predicted octanol–water partition coefficient (Wildman–Crippen LogP) is 2.59. The topological polar surface area (TPSA) is 176 Å². The minimum absolute atomic E-state index is 0.0783. The zero-order valence-electron chi connectivity index (χ0n) is 29.4. The van der Waals surface area contributed by atoms with E-state index >= 15 is 0 Å². The second-order valence-corrected chi connectivity index (χ2v) is 13.0. The number of rotatable bonds is 20. The van der Waals surface area contributed by atoms with Gasteiger partial charge in [-0.25, -0.2) is 0 Å². The molecule has 1 saturated heterocycles. The van der Waals surface area contributed by atoms with Crippen LogP contribution >= 0.6 is 0 Å². The fourth-order valence-electron chi connectivity index (χ4n) is 6.35. The van der Waals surface area contributed by atoms with Gasteiger partial charge in [0, 0.05) is 58.2 Å². The van der Waals surface area contributed by atoms with Crippen molar-refractivity contribution in [1.29, 1.82) is 0 Å². The second kappa shape index (κ2) is 20.5. The van der Waals surface area contributed by atoms with E-state index in [0.29, 0.717) is 19.4 Å². The van der Waals surface area contributed by atoms with Gasteiger partial charge in [-0.05, 0) is 42.1 Å². The SMILES string of the molecule is CN1C(=O)C[C@H](C(=O)NCCNC(=O)[C@H](Cc2ccccc2)NC(=O)[C@H](Cc2ccccc2)NC(=O)CCCCCCCN)[C@H]1c1cccnc1. The molecule has 1 fully saturated rings. The Morgan fingerprint density at radius 1 is 0.784 bits per heavy atom. The molecule has 4 rings (SSSR count). The lowest BCUT2D eigenvalue weighted by molar-refractivity contribution is -0.132. The van der Waals surface area contributed by atoms with Crippen LogP contribution in [0.5, 0.6) is 0 Å². The zero-order valence-corrected chi connectivity index (χ0v) is 29.4. The molecule has 12 heteroatoms. The molecule has 272 valence electrons. The van der Waals surface area contributed by atoms with E-state index < -0.39 is 35.9 Å². The Morgan fingerprint density at radius 2 is 1.39 bits per heavy atom. The Balaban J connectivity index is 1.37. The lowest BCUT2D eigenvalue weighted by atomic mass is 9.94. The summed E-state index contributed by atoms with van der Waals surface area (Å²) < 4.78 is 0. The Labute approximate surface area is 300 Å². The number of hydrogen-bond donors (Lipinski definition) is 5. The smallest absolute Gasteiger partial charge is 0.243 e. The molecule has 5 amide bonds. The van der Waals surface area contributed by atoms with Crippen LogP contribution < -0.4 is 27.0 Å². The lowest BCUT2D eigenvalue weighted by Crippen LogP contribution is -2.55. The summed E-state index contributed by atoms with van der Waals surface area (Å²) in [6.45, 7) is 0.894. The Bertz CT molecular complexity index is 1560. The van der Waals surface area contributed by atoms with Crippen molar-refractivity contribution in [1.82, 2.24) is 31.2 Å². The number of benzene rings is 2. The average molecular weight is 698 g/mol. The number of pyridine rings is 1. The molecule has 12 nitrogen and oxygen atoms in total. The van der Waals surface area contributed by atoms with E-state index in [4.69, 9.17) is 5.73 Å². The van der Waals surface area contributed by atoms with Crippen molar-refractivity contribution in [2.45, 2.75) is 75.9 Å². The molecule has 0 bridgehead atoms. The van der Waals surface area contributed by atoms with Crippen LogP contribution in [-0.2, 0) is 36.8 Å². The standard InChI is InChI=1S/C39H51N7O5/c1-46-35(48)26-31(36(46)30-18-13-21-41-27-30)37(49)42-22-23-43-38(50)32(24-28-14-7-5-8-15-28)45-39(51)33(25-29-16-9-6-10-17-29)44-34(47)19-11-3-2-4-12-20-40/h5-10,13-18,21,27,31-33,36H,2-4,11-12,19-20,22-26,40H2,1H3,(H,42,49)(H,43,50)(H,44,47)(H,45,51)/t31-,32-,33-,36+/m0/s1. The van der Waals surface area contributed by atoms with Crippen LogP contribution in [0.1, 0.15) is 67.7 Å². The summed E-state index contributed by atoms with van der Waals surface area (Å²) in [7, 11) is 1.68. The predicted molar refractivity (Wildman–Crippen MR) is 195 cm³/mol. The first kappa shape index (κ1) is 38.7. The molecule has 1 aliphatic heterocycles. The minimum atomic E-state index is -0.940. The van der Waals surface area contributed by atoms with Crippen molar-refractivity contribution in [3.05, 3.63) is 102 Å². The number of carbonyl (C=O) groups excluding carboxylic acids is 5. The number of likely N-dealkylation sites (tertiary alicyclic amines) is 1. The van der Waals surface area contributed by atoms with E-state index in [1.54, 1.807) is 30.4 Å². The van der Waals surface area contributed by atoms with E-state index in [1.165, 1.54) is 0 Å². The van der Waals surface area contributed by atoms with Crippen LogP contribution in [0.3, 0.4) is 0 Å². The van der Waals surface area contributed by atoms with Gasteiger partial charge in [-0.2, -0.15) is 0 Å². The van der Waals surface area contributed by atoms with E-state index in [0.717, 1.165) is 42.4 Å². The van der Waals surface area contributed by atoms with Crippen molar-refractivity contribution in [2.75, 3.05) is 26.7 Å². The third-order valence-corrected chi connectivity index (χ3v) is 9.13. The molecular weight excluding hydrogens is 646 g/mol. The Kier molecular flexibility index (Phi) is 15.6. The number of nitrogens with one attached hydrogen (secondary N) is 4. The Hall–Kier alpha value is -5.10. The summed E-state index contributed by atoms with van der Waals surface area (Å²) in [5, 5.41) is 11.5. The van der Waals surface area contributed by atoms with Crippen LogP contribution in [0, 0.1) is 5.92 Å².